The predicted molar refractivity (Wildman–Crippen MR) is 115 cm³/mol. The van der Waals surface area contributed by atoms with E-state index in [1.165, 1.54) is 24.0 Å². The molecule has 1 nitrogen and oxygen atoms in total. The summed E-state index contributed by atoms with van der Waals surface area (Å²) < 4.78 is 42.4. The van der Waals surface area contributed by atoms with Crippen molar-refractivity contribution in [1.29, 1.82) is 0 Å². The zero-order chi connectivity index (χ0) is 21.7. The molecule has 1 unspecified atom stereocenters. The Kier molecular flexibility index (Phi) is 7.79. The van der Waals surface area contributed by atoms with E-state index in [9.17, 15) is 13.2 Å². The Labute approximate surface area is 173 Å². The lowest BCUT2D eigenvalue weighted by atomic mass is 9.75. The number of hydrogen-bond acceptors (Lipinski definition) is 1. The maximum Gasteiger partial charge on any atom is 0.422 e. The molecule has 3 rings (SSSR count). The molecule has 0 N–H and O–H groups in total. The number of ether oxygens (including phenoxy) is 1. The lowest BCUT2D eigenvalue weighted by Crippen LogP contribution is -2.19. The average Bonchev–Trinajstić information content (AvgIpc) is 3.06. The third kappa shape index (κ3) is 6.01. The van der Waals surface area contributed by atoms with Crippen LogP contribution in [0.1, 0.15) is 70.9 Å². The van der Waals surface area contributed by atoms with Gasteiger partial charge in [0.25, 0.3) is 0 Å². The fraction of sp³-hybridized carbons (Fsp3) is 0.520. The summed E-state index contributed by atoms with van der Waals surface area (Å²) in [5.74, 6) is 0.708. The number of halogens is 3. The zero-order valence-corrected chi connectivity index (χ0v) is 18.2. The molecule has 1 fully saturated rings. The maximum atomic E-state index is 12.5. The maximum absolute atomic E-state index is 12.5. The van der Waals surface area contributed by atoms with Crippen molar-refractivity contribution in [2.45, 2.75) is 72.4 Å². The molecule has 0 heterocycles. The molecular formula is C25H33F3O. The van der Waals surface area contributed by atoms with Gasteiger partial charge in [-0.3, -0.25) is 0 Å². The van der Waals surface area contributed by atoms with Gasteiger partial charge in [0, 0.05) is 0 Å². The second kappa shape index (κ2) is 9.69. The molecular weight excluding hydrogens is 373 g/mol. The van der Waals surface area contributed by atoms with E-state index in [-0.39, 0.29) is 11.2 Å². The molecule has 0 aliphatic heterocycles. The van der Waals surface area contributed by atoms with Crippen molar-refractivity contribution >= 4 is 0 Å². The van der Waals surface area contributed by atoms with E-state index in [0.29, 0.717) is 5.92 Å². The molecule has 0 radical (unpaired) electrons. The highest BCUT2D eigenvalue weighted by molar-refractivity contribution is 5.70. The van der Waals surface area contributed by atoms with Gasteiger partial charge in [-0.25, -0.2) is 0 Å². The molecule has 4 heteroatoms. The van der Waals surface area contributed by atoms with Crippen LogP contribution in [0.25, 0.3) is 11.1 Å². The summed E-state index contributed by atoms with van der Waals surface area (Å²) in [7, 11) is 0. The number of alkyl halides is 3. The van der Waals surface area contributed by atoms with Gasteiger partial charge < -0.3 is 4.74 Å². The molecule has 0 bridgehead atoms. The fourth-order valence-corrected chi connectivity index (χ4v) is 4.21. The van der Waals surface area contributed by atoms with Crippen molar-refractivity contribution in [3.63, 3.8) is 0 Å². The molecule has 2 aromatic rings. The van der Waals surface area contributed by atoms with Crippen molar-refractivity contribution in [3.05, 3.63) is 53.6 Å². The van der Waals surface area contributed by atoms with Crippen LogP contribution < -0.4 is 4.74 Å². The van der Waals surface area contributed by atoms with Crippen LogP contribution in [0.2, 0.25) is 0 Å². The zero-order valence-electron chi connectivity index (χ0n) is 18.2. The second-order valence-electron chi connectivity index (χ2n) is 8.14. The van der Waals surface area contributed by atoms with E-state index >= 15 is 0 Å². The van der Waals surface area contributed by atoms with Gasteiger partial charge in [-0.1, -0.05) is 71.4 Å². The summed E-state index contributed by atoms with van der Waals surface area (Å²) in [6, 6.07) is 13.5. The molecule has 0 saturated heterocycles. The molecule has 1 saturated carbocycles. The molecule has 1 aliphatic rings. The Morgan fingerprint density at radius 3 is 2.38 bits per heavy atom. The van der Waals surface area contributed by atoms with Crippen LogP contribution in [-0.2, 0) is 6.42 Å². The van der Waals surface area contributed by atoms with Crippen LogP contribution in [0.15, 0.2) is 42.5 Å². The topological polar surface area (TPSA) is 9.23 Å². The number of hydrogen-bond donors (Lipinski definition) is 0. The normalized spacial score (nSPS) is 18.1. The summed E-state index contributed by atoms with van der Waals surface area (Å²) >= 11 is 0. The van der Waals surface area contributed by atoms with Crippen LogP contribution in [-0.4, -0.2) is 12.8 Å². The number of benzene rings is 2. The molecule has 1 aliphatic carbocycles. The molecule has 0 spiro atoms. The van der Waals surface area contributed by atoms with E-state index in [1.54, 1.807) is 18.2 Å². The summed E-state index contributed by atoms with van der Waals surface area (Å²) in [4.78, 5) is 0. The van der Waals surface area contributed by atoms with E-state index in [2.05, 4.69) is 39.0 Å². The van der Waals surface area contributed by atoms with Gasteiger partial charge in [0.15, 0.2) is 6.61 Å². The quantitative estimate of drug-likeness (QED) is 0.486. The lowest BCUT2D eigenvalue weighted by molar-refractivity contribution is -0.153. The number of aryl methyl sites for hydroxylation is 1. The van der Waals surface area contributed by atoms with Gasteiger partial charge in [-0.2, -0.15) is 13.2 Å². The first-order valence-corrected chi connectivity index (χ1v) is 10.6. The van der Waals surface area contributed by atoms with Crippen LogP contribution >= 0.6 is 0 Å². The van der Waals surface area contributed by atoms with Gasteiger partial charge in [0.2, 0.25) is 0 Å². The highest BCUT2D eigenvalue weighted by Gasteiger charge is 2.36. The largest absolute Gasteiger partial charge is 0.484 e. The van der Waals surface area contributed by atoms with Crippen LogP contribution in [0.3, 0.4) is 0 Å². The Hall–Kier alpha value is -1.97. The molecule has 29 heavy (non-hydrogen) atoms. The SMILES string of the molecule is CC.CCc1ccc(-c2cccc(OCC(F)(F)F)c2)c(C2CCCC2(C)C)c1. The Morgan fingerprint density at radius 1 is 1.07 bits per heavy atom. The molecule has 0 amide bonds. The summed E-state index contributed by atoms with van der Waals surface area (Å²) in [6.07, 6.45) is 0.189. The summed E-state index contributed by atoms with van der Waals surface area (Å²) in [6.45, 7) is 9.50. The Bertz CT molecular complexity index is 793. The summed E-state index contributed by atoms with van der Waals surface area (Å²) in [5, 5.41) is 0. The van der Waals surface area contributed by atoms with Crippen molar-refractivity contribution < 1.29 is 17.9 Å². The predicted octanol–water partition coefficient (Wildman–Crippen LogP) is 8.18. The van der Waals surface area contributed by atoms with E-state index in [0.717, 1.165) is 24.0 Å². The first-order chi connectivity index (χ1) is 13.7. The van der Waals surface area contributed by atoms with Crippen molar-refractivity contribution in [2.75, 3.05) is 6.61 Å². The van der Waals surface area contributed by atoms with Crippen molar-refractivity contribution in [1.82, 2.24) is 0 Å². The number of rotatable bonds is 5. The van der Waals surface area contributed by atoms with Crippen molar-refractivity contribution in [2.24, 2.45) is 5.41 Å². The highest BCUT2D eigenvalue weighted by Crippen LogP contribution is 2.51. The third-order valence-electron chi connectivity index (χ3n) is 5.70. The molecule has 0 aromatic heterocycles. The fourth-order valence-electron chi connectivity index (χ4n) is 4.21. The second-order valence-corrected chi connectivity index (χ2v) is 8.14. The van der Waals surface area contributed by atoms with Gasteiger partial charge in [0.1, 0.15) is 5.75 Å². The summed E-state index contributed by atoms with van der Waals surface area (Å²) in [5.41, 5.74) is 4.84. The van der Waals surface area contributed by atoms with E-state index in [4.69, 9.17) is 4.74 Å². The minimum atomic E-state index is -4.34. The minimum absolute atomic E-state index is 0.228. The molecule has 2 aromatic carbocycles. The smallest absolute Gasteiger partial charge is 0.422 e. The van der Waals surface area contributed by atoms with Crippen LogP contribution in [0, 0.1) is 5.41 Å². The van der Waals surface area contributed by atoms with Gasteiger partial charge in [-0.15, -0.1) is 0 Å². The minimum Gasteiger partial charge on any atom is -0.484 e. The van der Waals surface area contributed by atoms with Crippen molar-refractivity contribution in [3.8, 4) is 16.9 Å². The first kappa shape index (κ1) is 23.3. The Balaban J connectivity index is 0.00000145. The average molecular weight is 407 g/mol. The first-order valence-electron chi connectivity index (χ1n) is 10.6. The highest BCUT2D eigenvalue weighted by atomic mass is 19.4. The van der Waals surface area contributed by atoms with Crippen LogP contribution in [0.4, 0.5) is 13.2 Å². The third-order valence-corrected chi connectivity index (χ3v) is 5.70. The van der Waals surface area contributed by atoms with Gasteiger partial charge in [0.05, 0.1) is 0 Å². The van der Waals surface area contributed by atoms with Crippen LogP contribution in [0.5, 0.6) is 5.75 Å². The van der Waals surface area contributed by atoms with Gasteiger partial charge >= 0.3 is 6.18 Å². The molecule has 160 valence electrons. The van der Waals surface area contributed by atoms with E-state index in [1.807, 2.05) is 19.9 Å². The standard InChI is InChI=1S/C23H27F3O.C2H6/c1-4-16-10-11-19(20(13-16)21-9-6-12-22(21,2)3)17-7-5-8-18(14-17)27-15-23(24,25)26;1-2/h5,7-8,10-11,13-14,21H,4,6,9,12,15H2,1-3H3;1-2H3. The van der Waals surface area contributed by atoms with E-state index < -0.39 is 12.8 Å². The van der Waals surface area contributed by atoms with Gasteiger partial charge in [-0.05, 0) is 65.0 Å². The lowest BCUT2D eigenvalue weighted by Gasteiger charge is -2.30. The Morgan fingerprint density at radius 2 is 1.79 bits per heavy atom. The monoisotopic (exact) mass is 406 g/mol. The molecule has 1 atom stereocenters.